The summed E-state index contributed by atoms with van der Waals surface area (Å²) in [6, 6.07) is 16.7. The lowest BCUT2D eigenvalue weighted by Crippen LogP contribution is -2.62. The molecular weight excluding hydrogens is 709 g/mol. The van der Waals surface area contributed by atoms with Crippen LogP contribution in [0.3, 0.4) is 0 Å². The molecule has 4 saturated heterocycles. The topological polar surface area (TPSA) is 148 Å². The SMILES string of the molecule is Cc1c(N2CCc3cnc(Nc4ccc(N5CC6CCN(C7CN(c8ccc(C9CCC(=O)NC9=O)cc8)C7)CC6C5=O)cc4)nc3C2)cnc2c1NCCO2. The highest BCUT2D eigenvalue weighted by atomic mass is 16.5. The number of piperidine rings is 2. The van der Waals surface area contributed by atoms with Crippen LogP contribution in [-0.2, 0) is 27.3 Å². The summed E-state index contributed by atoms with van der Waals surface area (Å²) in [5.74, 6) is 1.15. The van der Waals surface area contributed by atoms with E-state index in [-0.39, 0.29) is 29.6 Å². The van der Waals surface area contributed by atoms with Crippen molar-refractivity contribution in [3.8, 4) is 5.88 Å². The van der Waals surface area contributed by atoms with Crippen LogP contribution in [-0.4, -0.2) is 96.0 Å². The third-order valence-electron chi connectivity index (χ3n) is 12.7. The maximum Gasteiger partial charge on any atom is 0.237 e. The molecule has 0 aliphatic carbocycles. The molecule has 0 bridgehead atoms. The fourth-order valence-electron chi connectivity index (χ4n) is 9.39. The lowest BCUT2D eigenvalue weighted by Gasteiger charge is -2.49. The van der Waals surface area contributed by atoms with Gasteiger partial charge in [-0.15, -0.1) is 0 Å². The fraction of sp³-hybridized carbons (Fsp3) is 0.429. The molecule has 4 fully saturated rings. The molecule has 3 atom stereocenters. The van der Waals surface area contributed by atoms with Crippen LogP contribution in [0.4, 0.5) is 34.4 Å². The minimum atomic E-state index is -0.267. The number of aromatic nitrogens is 3. The van der Waals surface area contributed by atoms with Gasteiger partial charge in [-0.3, -0.25) is 24.6 Å². The number of hydrogen-bond acceptors (Lipinski definition) is 12. The predicted molar refractivity (Wildman–Crippen MR) is 213 cm³/mol. The van der Waals surface area contributed by atoms with Gasteiger partial charge in [0, 0.05) is 80.6 Å². The van der Waals surface area contributed by atoms with Crippen LogP contribution in [0.5, 0.6) is 5.88 Å². The van der Waals surface area contributed by atoms with Crippen molar-refractivity contribution < 1.29 is 19.1 Å². The number of anilines is 6. The van der Waals surface area contributed by atoms with Gasteiger partial charge in [0.15, 0.2) is 0 Å². The highest BCUT2D eigenvalue weighted by Gasteiger charge is 2.46. The van der Waals surface area contributed by atoms with Gasteiger partial charge in [0.1, 0.15) is 12.3 Å². The second kappa shape index (κ2) is 14.1. The minimum Gasteiger partial charge on any atom is -0.474 e. The van der Waals surface area contributed by atoms with Crippen molar-refractivity contribution in [3.05, 3.63) is 83.3 Å². The molecule has 6 aliphatic heterocycles. The van der Waals surface area contributed by atoms with Gasteiger partial charge in [0.25, 0.3) is 0 Å². The van der Waals surface area contributed by atoms with Crippen LogP contribution < -0.4 is 35.4 Å². The summed E-state index contributed by atoms with van der Waals surface area (Å²) in [6.45, 7) is 9.46. The zero-order valence-electron chi connectivity index (χ0n) is 31.5. The van der Waals surface area contributed by atoms with Crippen molar-refractivity contribution in [1.29, 1.82) is 0 Å². The molecule has 0 radical (unpaired) electrons. The summed E-state index contributed by atoms with van der Waals surface area (Å²) in [7, 11) is 0. The van der Waals surface area contributed by atoms with Crippen LogP contribution in [0.15, 0.2) is 60.9 Å². The van der Waals surface area contributed by atoms with Gasteiger partial charge in [-0.05, 0) is 86.2 Å². The number of carbonyl (C=O) groups excluding carboxylic acids is 3. The van der Waals surface area contributed by atoms with E-state index in [1.807, 2.05) is 53.7 Å². The van der Waals surface area contributed by atoms with E-state index in [2.05, 4.69) is 59.7 Å². The van der Waals surface area contributed by atoms with Gasteiger partial charge < -0.3 is 30.1 Å². The first kappa shape index (κ1) is 34.7. The summed E-state index contributed by atoms with van der Waals surface area (Å²) in [4.78, 5) is 61.0. The summed E-state index contributed by atoms with van der Waals surface area (Å²) < 4.78 is 5.73. The Labute approximate surface area is 325 Å². The average molecular weight is 755 g/mol. The molecule has 56 heavy (non-hydrogen) atoms. The molecule has 6 aliphatic rings. The Hall–Kier alpha value is -5.76. The minimum absolute atomic E-state index is 0.0114. The Morgan fingerprint density at radius 1 is 0.857 bits per heavy atom. The normalized spacial score (nSPS) is 23.7. The quantitative estimate of drug-likeness (QED) is 0.235. The van der Waals surface area contributed by atoms with E-state index in [1.165, 1.54) is 0 Å². The van der Waals surface area contributed by atoms with E-state index in [0.717, 1.165) is 109 Å². The first-order chi connectivity index (χ1) is 27.3. The smallest absolute Gasteiger partial charge is 0.237 e. The van der Waals surface area contributed by atoms with Gasteiger partial charge >= 0.3 is 0 Å². The number of nitrogens with zero attached hydrogens (tertiary/aromatic N) is 7. The van der Waals surface area contributed by atoms with E-state index in [4.69, 9.17) is 9.72 Å². The van der Waals surface area contributed by atoms with Crippen LogP contribution in [0.1, 0.15) is 47.6 Å². The van der Waals surface area contributed by atoms with Crippen LogP contribution in [0, 0.1) is 18.8 Å². The number of amides is 3. The van der Waals surface area contributed by atoms with Crippen molar-refractivity contribution in [2.45, 2.75) is 51.1 Å². The Kier molecular flexibility index (Phi) is 8.72. The number of rotatable bonds is 7. The third-order valence-corrected chi connectivity index (χ3v) is 12.7. The molecule has 8 heterocycles. The summed E-state index contributed by atoms with van der Waals surface area (Å²) in [5, 5.41) is 9.28. The molecule has 2 aromatic carbocycles. The van der Waals surface area contributed by atoms with Crippen molar-refractivity contribution >= 4 is 52.1 Å². The standard InChI is InChI=1S/C42H46N10O4/c1-25-36(19-44-40-38(25)43-14-17-56-40)50-16-12-27-18-45-42(47-35(27)24-50)46-29-4-8-31(9-5-29)52-20-28-13-15-49(23-34(28)41(52)55)32-21-51(22-32)30-6-2-26(3-7-30)33-10-11-37(53)48-39(33)54/h2-9,18-19,28,32-34,43H,10-17,20-24H2,1H3,(H,45,46,47)(H,48,53,54). The van der Waals surface area contributed by atoms with E-state index >= 15 is 0 Å². The van der Waals surface area contributed by atoms with E-state index in [1.54, 1.807) is 0 Å². The van der Waals surface area contributed by atoms with Gasteiger partial charge in [-0.2, -0.15) is 0 Å². The largest absolute Gasteiger partial charge is 0.474 e. The lowest BCUT2D eigenvalue weighted by molar-refractivity contribution is -0.134. The third kappa shape index (κ3) is 6.35. The lowest BCUT2D eigenvalue weighted by atomic mass is 9.86. The molecule has 288 valence electrons. The average Bonchev–Trinajstić information content (AvgIpc) is 3.53. The zero-order chi connectivity index (χ0) is 37.9. The molecule has 10 rings (SSSR count). The number of fused-ring (bicyclic) bond motifs is 3. The molecule has 0 saturated carbocycles. The Morgan fingerprint density at radius 2 is 1.68 bits per heavy atom. The van der Waals surface area contributed by atoms with Crippen LogP contribution in [0.25, 0.3) is 0 Å². The van der Waals surface area contributed by atoms with Crippen molar-refractivity contribution in [2.24, 2.45) is 11.8 Å². The fourth-order valence-corrected chi connectivity index (χ4v) is 9.39. The molecular formula is C42H46N10O4. The molecule has 3 unspecified atom stereocenters. The monoisotopic (exact) mass is 754 g/mol. The zero-order valence-corrected chi connectivity index (χ0v) is 31.5. The number of ether oxygens (including phenoxy) is 1. The Bertz CT molecular complexity index is 2190. The van der Waals surface area contributed by atoms with Gasteiger partial charge in [0.2, 0.25) is 29.5 Å². The number of carbonyl (C=O) groups is 3. The molecule has 0 spiro atoms. The summed E-state index contributed by atoms with van der Waals surface area (Å²) >= 11 is 0. The van der Waals surface area contributed by atoms with Crippen LogP contribution >= 0.6 is 0 Å². The second-order valence-corrected chi connectivity index (χ2v) is 16.0. The number of pyridine rings is 1. The van der Waals surface area contributed by atoms with Gasteiger partial charge in [-0.1, -0.05) is 12.1 Å². The van der Waals surface area contributed by atoms with Crippen molar-refractivity contribution in [1.82, 2.24) is 25.2 Å². The summed E-state index contributed by atoms with van der Waals surface area (Å²) in [5.41, 5.74) is 9.25. The molecule has 3 amide bonds. The van der Waals surface area contributed by atoms with Gasteiger partial charge in [0.05, 0.1) is 36.0 Å². The van der Waals surface area contributed by atoms with Crippen molar-refractivity contribution in [3.63, 3.8) is 0 Å². The molecule has 4 aromatic rings. The number of nitrogens with one attached hydrogen (secondary N) is 3. The number of likely N-dealkylation sites (tertiary alicyclic amines) is 1. The van der Waals surface area contributed by atoms with Gasteiger partial charge in [-0.25, -0.2) is 15.0 Å². The maximum absolute atomic E-state index is 13.8. The first-order valence-electron chi connectivity index (χ1n) is 19.9. The Balaban J connectivity index is 0.735. The molecule has 14 nitrogen and oxygen atoms in total. The predicted octanol–water partition coefficient (Wildman–Crippen LogP) is 3.98. The van der Waals surface area contributed by atoms with Crippen LogP contribution in [0.2, 0.25) is 0 Å². The molecule has 2 aromatic heterocycles. The first-order valence-corrected chi connectivity index (χ1v) is 19.9. The highest BCUT2D eigenvalue weighted by molar-refractivity contribution is 6.01. The maximum atomic E-state index is 13.8. The Morgan fingerprint density at radius 3 is 2.50 bits per heavy atom. The highest BCUT2D eigenvalue weighted by Crippen LogP contribution is 2.39. The number of hydrogen-bond donors (Lipinski definition) is 3. The van der Waals surface area contributed by atoms with E-state index < -0.39 is 0 Å². The van der Waals surface area contributed by atoms with E-state index in [0.29, 0.717) is 49.8 Å². The molecule has 14 heteroatoms. The molecule has 3 N–H and O–H groups in total. The number of imide groups is 1. The van der Waals surface area contributed by atoms with Crippen molar-refractivity contribution in [2.75, 3.05) is 77.8 Å². The second-order valence-electron chi connectivity index (χ2n) is 16.0. The number of benzene rings is 2. The van der Waals surface area contributed by atoms with E-state index in [9.17, 15) is 14.4 Å². The summed E-state index contributed by atoms with van der Waals surface area (Å²) in [6.07, 6.45) is 6.65.